The number of amides is 1. The van der Waals surface area contributed by atoms with Gasteiger partial charge in [-0.15, -0.1) is 0 Å². The van der Waals surface area contributed by atoms with E-state index in [0.29, 0.717) is 5.69 Å². The third-order valence-corrected chi connectivity index (χ3v) is 3.88. The minimum Gasteiger partial charge on any atom is -0.393 e. The van der Waals surface area contributed by atoms with Crippen LogP contribution in [0.15, 0.2) is 34.9 Å². The second-order valence-electron chi connectivity index (χ2n) is 5.14. The second kappa shape index (κ2) is 6.49. The summed E-state index contributed by atoms with van der Waals surface area (Å²) in [5.41, 5.74) is 7.07. The molecule has 3 N–H and O–H groups in total. The van der Waals surface area contributed by atoms with E-state index in [1.54, 1.807) is 6.20 Å². The first-order chi connectivity index (χ1) is 9.90. The first-order valence-corrected chi connectivity index (χ1v) is 7.74. The van der Waals surface area contributed by atoms with Gasteiger partial charge in [0, 0.05) is 16.1 Å². The highest BCUT2D eigenvalue weighted by atomic mass is 79.9. The summed E-state index contributed by atoms with van der Waals surface area (Å²) in [5.74, 6) is -0.653. The average molecular weight is 366 g/mol. The van der Waals surface area contributed by atoms with Gasteiger partial charge in [-0.3, -0.25) is 9.78 Å². The Bertz CT molecular complexity index is 702. The van der Waals surface area contributed by atoms with Gasteiger partial charge in [0.25, 0.3) is 0 Å². The number of carbonyl (C=O) groups is 1. The number of pyridine rings is 1. The van der Waals surface area contributed by atoms with Crippen LogP contribution in [-0.4, -0.2) is 15.9 Å². The Kier molecular flexibility index (Phi) is 4.90. The predicted molar refractivity (Wildman–Crippen MR) is 93.2 cm³/mol. The number of nitrogens with one attached hydrogen (secondary N) is 1. The summed E-state index contributed by atoms with van der Waals surface area (Å²) >= 11 is 8.38. The third kappa shape index (κ3) is 3.57. The van der Waals surface area contributed by atoms with Gasteiger partial charge in [-0.2, -0.15) is 0 Å². The smallest absolute Gasteiger partial charge is 0.234 e. The van der Waals surface area contributed by atoms with Crippen LogP contribution in [0.2, 0.25) is 0 Å². The number of nitrogens with zero attached hydrogens (tertiary/aromatic N) is 1. The van der Waals surface area contributed by atoms with E-state index in [1.165, 1.54) is 0 Å². The van der Waals surface area contributed by atoms with Gasteiger partial charge >= 0.3 is 0 Å². The number of halogens is 1. The molecule has 1 heterocycles. The molecule has 2 aromatic rings. The summed E-state index contributed by atoms with van der Waals surface area (Å²) in [6, 6.07) is 7.58. The Hall–Kier alpha value is -1.53. The monoisotopic (exact) mass is 365 g/mol. The van der Waals surface area contributed by atoms with Gasteiger partial charge < -0.3 is 11.1 Å². The van der Waals surface area contributed by atoms with Crippen LogP contribution in [0, 0.1) is 11.8 Å². The lowest BCUT2D eigenvalue weighted by Crippen LogP contribution is -2.36. The summed E-state index contributed by atoms with van der Waals surface area (Å²) in [6.07, 6.45) is 1.70. The molecule has 0 fully saturated rings. The molecule has 110 valence electrons. The fraction of sp³-hybridized carbons (Fsp3) is 0.267. The SMILES string of the molecule is CC(C)C(C(=O)Nc1cccc2cc(Br)cnc12)C(N)=S. The van der Waals surface area contributed by atoms with Crippen molar-refractivity contribution in [3.63, 3.8) is 0 Å². The highest BCUT2D eigenvalue weighted by Gasteiger charge is 2.25. The fourth-order valence-corrected chi connectivity index (χ4v) is 2.93. The zero-order valence-electron chi connectivity index (χ0n) is 11.8. The number of para-hydroxylation sites is 1. The maximum atomic E-state index is 12.4. The average Bonchev–Trinajstić information content (AvgIpc) is 2.37. The molecule has 6 heteroatoms. The summed E-state index contributed by atoms with van der Waals surface area (Å²) < 4.78 is 0.890. The van der Waals surface area contributed by atoms with Crippen LogP contribution in [0.4, 0.5) is 5.69 Å². The van der Waals surface area contributed by atoms with Gasteiger partial charge in [0.05, 0.1) is 22.1 Å². The van der Waals surface area contributed by atoms with Gasteiger partial charge in [0.2, 0.25) is 5.91 Å². The van der Waals surface area contributed by atoms with E-state index in [-0.39, 0.29) is 16.8 Å². The fourth-order valence-electron chi connectivity index (χ4n) is 2.21. The molecule has 0 saturated heterocycles. The number of carbonyl (C=O) groups excluding carboxylic acids is 1. The number of aromatic nitrogens is 1. The van der Waals surface area contributed by atoms with Crippen LogP contribution in [0.1, 0.15) is 13.8 Å². The molecule has 1 atom stereocenters. The first kappa shape index (κ1) is 15.9. The van der Waals surface area contributed by atoms with Crippen molar-refractivity contribution >= 4 is 55.6 Å². The van der Waals surface area contributed by atoms with Crippen molar-refractivity contribution in [2.24, 2.45) is 17.6 Å². The molecule has 1 amide bonds. The largest absolute Gasteiger partial charge is 0.393 e. The minimum absolute atomic E-state index is 0.0413. The van der Waals surface area contributed by atoms with E-state index >= 15 is 0 Å². The molecule has 0 aliphatic rings. The second-order valence-corrected chi connectivity index (χ2v) is 6.53. The zero-order chi connectivity index (χ0) is 15.6. The number of nitrogens with two attached hydrogens (primary N) is 1. The predicted octanol–water partition coefficient (Wildman–Crippen LogP) is 3.49. The molecule has 1 unspecified atom stereocenters. The van der Waals surface area contributed by atoms with E-state index in [9.17, 15) is 4.79 Å². The van der Waals surface area contributed by atoms with Gasteiger partial charge in [-0.05, 0) is 34.0 Å². The number of hydrogen-bond acceptors (Lipinski definition) is 3. The minimum atomic E-state index is -0.495. The van der Waals surface area contributed by atoms with Crippen molar-refractivity contribution in [3.05, 3.63) is 34.9 Å². The standard InChI is InChI=1S/C15H16BrN3OS/c1-8(2)12(14(17)21)15(20)19-11-5-3-4-9-6-10(16)7-18-13(9)11/h3-8,12H,1-2H3,(H2,17,21)(H,19,20). The van der Waals surface area contributed by atoms with Crippen molar-refractivity contribution < 1.29 is 4.79 Å². The van der Waals surface area contributed by atoms with Gasteiger partial charge in [-0.25, -0.2) is 0 Å². The molecular formula is C15H16BrN3OS. The van der Waals surface area contributed by atoms with E-state index in [2.05, 4.69) is 26.2 Å². The van der Waals surface area contributed by atoms with Crippen LogP contribution >= 0.6 is 28.1 Å². The molecule has 0 aliphatic heterocycles. The molecule has 0 spiro atoms. The zero-order valence-corrected chi connectivity index (χ0v) is 14.2. The molecule has 0 saturated carbocycles. The Morgan fingerprint density at radius 3 is 2.76 bits per heavy atom. The number of benzene rings is 1. The van der Waals surface area contributed by atoms with Gasteiger partial charge in [0.15, 0.2) is 0 Å². The van der Waals surface area contributed by atoms with Gasteiger partial charge in [-0.1, -0.05) is 38.2 Å². The number of anilines is 1. The molecule has 21 heavy (non-hydrogen) atoms. The molecule has 0 aliphatic carbocycles. The number of thiocarbonyl (C=S) groups is 1. The van der Waals surface area contributed by atoms with Crippen molar-refractivity contribution in [2.45, 2.75) is 13.8 Å². The molecule has 1 aromatic carbocycles. The Morgan fingerprint density at radius 1 is 1.43 bits per heavy atom. The molecule has 0 bridgehead atoms. The summed E-state index contributed by atoms with van der Waals surface area (Å²) in [4.78, 5) is 17.0. The lowest BCUT2D eigenvalue weighted by atomic mass is 9.95. The molecular weight excluding hydrogens is 350 g/mol. The first-order valence-electron chi connectivity index (χ1n) is 6.54. The summed E-state index contributed by atoms with van der Waals surface area (Å²) in [7, 11) is 0. The maximum Gasteiger partial charge on any atom is 0.234 e. The van der Waals surface area contributed by atoms with E-state index in [1.807, 2.05) is 38.1 Å². The van der Waals surface area contributed by atoms with Crippen LogP contribution in [-0.2, 0) is 4.79 Å². The maximum absolute atomic E-state index is 12.4. The third-order valence-electron chi connectivity index (χ3n) is 3.19. The van der Waals surface area contributed by atoms with Crippen molar-refractivity contribution in [1.82, 2.24) is 4.98 Å². The van der Waals surface area contributed by atoms with Crippen LogP contribution in [0.5, 0.6) is 0 Å². The molecule has 0 radical (unpaired) electrons. The summed E-state index contributed by atoms with van der Waals surface area (Å²) in [6.45, 7) is 3.84. The molecule has 1 aromatic heterocycles. The van der Waals surface area contributed by atoms with Crippen LogP contribution < -0.4 is 11.1 Å². The van der Waals surface area contributed by atoms with Crippen molar-refractivity contribution in [3.8, 4) is 0 Å². The lowest BCUT2D eigenvalue weighted by molar-refractivity contribution is -0.118. The summed E-state index contributed by atoms with van der Waals surface area (Å²) in [5, 5.41) is 3.83. The highest BCUT2D eigenvalue weighted by Crippen LogP contribution is 2.25. The Morgan fingerprint density at radius 2 is 2.14 bits per heavy atom. The van der Waals surface area contributed by atoms with Crippen molar-refractivity contribution in [1.29, 1.82) is 0 Å². The lowest BCUT2D eigenvalue weighted by Gasteiger charge is -2.19. The van der Waals surface area contributed by atoms with E-state index in [4.69, 9.17) is 18.0 Å². The Labute approximate surface area is 137 Å². The quantitative estimate of drug-likeness (QED) is 0.813. The van der Waals surface area contributed by atoms with Crippen molar-refractivity contribution in [2.75, 3.05) is 5.32 Å². The molecule has 2 rings (SSSR count). The topological polar surface area (TPSA) is 68.0 Å². The number of fused-ring (bicyclic) bond motifs is 1. The van der Waals surface area contributed by atoms with E-state index < -0.39 is 5.92 Å². The molecule has 4 nitrogen and oxygen atoms in total. The van der Waals surface area contributed by atoms with Gasteiger partial charge in [0.1, 0.15) is 0 Å². The number of hydrogen-bond donors (Lipinski definition) is 2. The number of rotatable bonds is 4. The normalized spacial score (nSPS) is 12.4. The highest BCUT2D eigenvalue weighted by molar-refractivity contribution is 9.10. The van der Waals surface area contributed by atoms with Crippen LogP contribution in [0.3, 0.4) is 0 Å². The van der Waals surface area contributed by atoms with Crippen LogP contribution in [0.25, 0.3) is 10.9 Å². The van der Waals surface area contributed by atoms with E-state index in [0.717, 1.165) is 15.4 Å². The Balaban J connectivity index is 2.35.